The zero-order valence-electron chi connectivity index (χ0n) is 21.9. The molecule has 2 unspecified atom stereocenters. The minimum Gasteiger partial charge on any atom is -0.496 e. The van der Waals surface area contributed by atoms with E-state index in [2.05, 4.69) is 39.3 Å². The van der Waals surface area contributed by atoms with Gasteiger partial charge in [-0.05, 0) is 70.0 Å². The van der Waals surface area contributed by atoms with E-state index in [1.807, 2.05) is 37.3 Å². The molecule has 2 fully saturated rings. The number of fused-ring (bicyclic) bond motifs is 2. The third-order valence-corrected chi connectivity index (χ3v) is 7.70. The van der Waals surface area contributed by atoms with E-state index in [1.165, 1.54) is 0 Å². The van der Waals surface area contributed by atoms with Crippen molar-refractivity contribution in [3.8, 4) is 5.75 Å². The molecule has 194 valence electrons. The normalized spacial score (nSPS) is 20.9. The molecule has 2 saturated heterocycles. The predicted octanol–water partition coefficient (Wildman–Crippen LogP) is 3.40. The van der Waals surface area contributed by atoms with Gasteiger partial charge in [0.25, 0.3) is 11.8 Å². The molecule has 2 amide bonds. The lowest BCUT2D eigenvalue weighted by Gasteiger charge is -2.40. The topological polar surface area (TPSA) is 86.8 Å². The first kappa shape index (κ1) is 25.9. The zero-order valence-corrected chi connectivity index (χ0v) is 21.9. The van der Waals surface area contributed by atoms with Crippen LogP contribution in [-0.4, -0.2) is 73.1 Å². The molecule has 4 rings (SSSR count). The molecule has 8 nitrogen and oxygen atoms in total. The third-order valence-electron chi connectivity index (χ3n) is 7.70. The summed E-state index contributed by atoms with van der Waals surface area (Å²) < 4.78 is 5.37. The minimum atomic E-state index is -0.0848. The number of rotatable bonds is 10. The van der Waals surface area contributed by atoms with Crippen LogP contribution >= 0.6 is 0 Å². The Labute approximate surface area is 214 Å². The summed E-state index contributed by atoms with van der Waals surface area (Å²) >= 11 is 0. The molecule has 1 aromatic heterocycles. The Bertz CT molecular complexity index is 1040. The van der Waals surface area contributed by atoms with E-state index in [4.69, 9.17) is 4.74 Å². The quantitative estimate of drug-likeness (QED) is 0.528. The number of nitrogens with one attached hydrogen (secondary N) is 2. The van der Waals surface area contributed by atoms with Crippen molar-refractivity contribution in [1.29, 1.82) is 0 Å². The van der Waals surface area contributed by atoms with Crippen molar-refractivity contribution in [3.63, 3.8) is 0 Å². The summed E-state index contributed by atoms with van der Waals surface area (Å²) in [4.78, 5) is 34.9. The second-order valence-electron chi connectivity index (χ2n) is 9.75. The number of aromatic nitrogens is 1. The Morgan fingerprint density at radius 2 is 1.81 bits per heavy atom. The highest BCUT2D eigenvalue weighted by molar-refractivity contribution is 5.96. The van der Waals surface area contributed by atoms with Gasteiger partial charge in [-0.25, -0.2) is 4.98 Å². The molecule has 0 spiro atoms. The monoisotopic (exact) mass is 493 g/mol. The molecule has 2 aliphatic heterocycles. The van der Waals surface area contributed by atoms with Crippen LogP contribution in [-0.2, 0) is 0 Å². The van der Waals surface area contributed by atoms with Gasteiger partial charge >= 0.3 is 0 Å². The van der Waals surface area contributed by atoms with Gasteiger partial charge in [-0.3, -0.25) is 9.59 Å². The number of nitrogens with zero attached hydrogens (tertiary/aromatic N) is 3. The Morgan fingerprint density at radius 1 is 1.08 bits per heavy atom. The third kappa shape index (κ3) is 5.64. The van der Waals surface area contributed by atoms with Gasteiger partial charge in [-0.15, -0.1) is 0 Å². The lowest BCUT2D eigenvalue weighted by molar-refractivity contribution is 0.0923. The van der Waals surface area contributed by atoms with Crippen molar-refractivity contribution in [2.24, 2.45) is 0 Å². The molecule has 0 saturated carbocycles. The number of likely N-dealkylation sites (N-methyl/N-ethyl adjacent to an activating group) is 1. The largest absolute Gasteiger partial charge is 0.496 e. The maximum absolute atomic E-state index is 13.0. The van der Waals surface area contributed by atoms with E-state index >= 15 is 0 Å². The number of hydrogen-bond acceptors (Lipinski definition) is 6. The van der Waals surface area contributed by atoms with Crippen LogP contribution in [0, 0.1) is 6.92 Å². The van der Waals surface area contributed by atoms with Gasteiger partial charge in [-0.2, -0.15) is 0 Å². The Kier molecular flexibility index (Phi) is 8.46. The summed E-state index contributed by atoms with van der Waals surface area (Å²) in [6.07, 6.45) is 5.64. The van der Waals surface area contributed by atoms with Gasteiger partial charge in [-0.1, -0.05) is 19.9 Å². The fraction of sp³-hybridized carbons (Fsp3) is 0.536. The molecule has 1 aromatic carbocycles. The average molecular weight is 494 g/mol. The number of benzene rings is 1. The smallest absolute Gasteiger partial charge is 0.252 e. The molecule has 2 atom stereocenters. The minimum absolute atomic E-state index is 0.0428. The summed E-state index contributed by atoms with van der Waals surface area (Å²) in [6.45, 7) is 9.59. The Morgan fingerprint density at radius 3 is 2.42 bits per heavy atom. The fourth-order valence-electron chi connectivity index (χ4n) is 5.66. The van der Waals surface area contributed by atoms with Gasteiger partial charge in [0.15, 0.2) is 0 Å². The van der Waals surface area contributed by atoms with Gasteiger partial charge < -0.3 is 25.2 Å². The fourth-order valence-corrected chi connectivity index (χ4v) is 5.66. The lowest BCUT2D eigenvalue weighted by atomic mass is 9.96. The first-order valence-corrected chi connectivity index (χ1v) is 13.1. The highest BCUT2D eigenvalue weighted by atomic mass is 16.5. The van der Waals surface area contributed by atoms with Crippen LogP contribution in [0.2, 0.25) is 0 Å². The van der Waals surface area contributed by atoms with Gasteiger partial charge in [0.2, 0.25) is 0 Å². The molecule has 2 aromatic rings. The first-order chi connectivity index (χ1) is 17.4. The van der Waals surface area contributed by atoms with Crippen LogP contribution in [0.4, 0.5) is 5.82 Å². The van der Waals surface area contributed by atoms with Gasteiger partial charge in [0.05, 0.1) is 12.7 Å². The maximum Gasteiger partial charge on any atom is 0.252 e. The summed E-state index contributed by atoms with van der Waals surface area (Å²) in [5, 5.41) is 6.26. The summed E-state index contributed by atoms with van der Waals surface area (Å²) in [6, 6.07) is 10.2. The van der Waals surface area contributed by atoms with Crippen molar-refractivity contribution in [2.45, 2.75) is 64.6 Å². The Balaban J connectivity index is 1.34. The number of carbonyl (C=O) groups is 2. The SMILES string of the molecule is CCN(CC)CCNC(=O)c1ccc(N2C3CCC2CC(NC(=O)c2cccc(OC)c2C)C3)nc1. The number of carbonyl (C=O) groups excluding carboxylic acids is 2. The second-order valence-corrected chi connectivity index (χ2v) is 9.75. The number of pyridine rings is 1. The molecule has 8 heteroatoms. The molecule has 36 heavy (non-hydrogen) atoms. The van der Waals surface area contributed by atoms with Crippen molar-refractivity contribution < 1.29 is 14.3 Å². The van der Waals surface area contributed by atoms with Crippen molar-refractivity contribution in [2.75, 3.05) is 38.2 Å². The van der Waals surface area contributed by atoms with Crippen molar-refractivity contribution in [3.05, 3.63) is 53.2 Å². The second kappa shape index (κ2) is 11.7. The number of hydrogen-bond donors (Lipinski definition) is 2. The first-order valence-electron chi connectivity index (χ1n) is 13.1. The predicted molar refractivity (Wildman–Crippen MR) is 142 cm³/mol. The van der Waals surface area contributed by atoms with Crippen LogP contribution in [0.25, 0.3) is 0 Å². The standard InChI is InChI=1S/C28H39N5O3/c1-5-32(6-2)15-14-29-27(34)20-10-13-26(30-18-20)33-22-11-12-23(33)17-21(16-22)31-28(35)24-8-7-9-25(36-4)19(24)3/h7-10,13,18,21-23H,5-6,11-12,14-17H2,1-4H3,(H,29,34)(H,31,35). The summed E-state index contributed by atoms with van der Waals surface area (Å²) in [5.74, 6) is 1.51. The number of anilines is 1. The van der Waals surface area contributed by atoms with Crippen molar-refractivity contribution in [1.82, 2.24) is 20.5 Å². The molecule has 2 bridgehead atoms. The van der Waals surface area contributed by atoms with Crippen LogP contribution in [0.1, 0.15) is 65.8 Å². The molecular weight excluding hydrogens is 454 g/mol. The van der Waals surface area contributed by atoms with Crippen LogP contribution in [0.15, 0.2) is 36.5 Å². The molecule has 3 heterocycles. The number of amides is 2. The molecule has 0 aliphatic carbocycles. The van der Waals surface area contributed by atoms with E-state index in [0.717, 1.165) is 62.4 Å². The summed E-state index contributed by atoms with van der Waals surface area (Å²) in [7, 11) is 1.62. The number of piperidine rings is 1. The highest BCUT2D eigenvalue weighted by Crippen LogP contribution is 2.38. The molecular formula is C28H39N5O3. The maximum atomic E-state index is 13.0. The van der Waals surface area contributed by atoms with E-state index in [0.29, 0.717) is 29.8 Å². The number of methoxy groups -OCH3 is 1. The van der Waals surface area contributed by atoms with E-state index < -0.39 is 0 Å². The van der Waals surface area contributed by atoms with Crippen LogP contribution < -0.4 is 20.3 Å². The van der Waals surface area contributed by atoms with E-state index in [9.17, 15) is 9.59 Å². The molecule has 2 N–H and O–H groups in total. The lowest BCUT2D eigenvalue weighted by Crippen LogP contribution is -2.50. The van der Waals surface area contributed by atoms with Crippen LogP contribution in [0.3, 0.4) is 0 Å². The van der Waals surface area contributed by atoms with Gasteiger partial charge in [0, 0.05) is 48.5 Å². The molecule has 0 radical (unpaired) electrons. The van der Waals surface area contributed by atoms with E-state index in [1.54, 1.807) is 13.3 Å². The van der Waals surface area contributed by atoms with Gasteiger partial charge in [0.1, 0.15) is 11.6 Å². The molecule has 2 aliphatic rings. The van der Waals surface area contributed by atoms with Crippen molar-refractivity contribution >= 4 is 17.6 Å². The zero-order chi connectivity index (χ0) is 25.7. The number of ether oxygens (including phenoxy) is 1. The summed E-state index contributed by atoms with van der Waals surface area (Å²) in [5.41, 5.74) is 2.11. The highest BCUT2D eigenvalue weighted by Gasteiger charge is 2.42. The Hall–Kier alpha value is -3.13. The van der Waals surface area contributed by atoms with Crippen LogP contribution in [0.5, 0.6) is 5.75 Å². The van der Waals surface area contributed by atoms with E-state index in [-0.39, 0.29) is 17.9 Å². The average Bonchev–Trinajstić information content (AvgIpc) is 3.16.